The van der Waals surface area contributed by atoms with E-state index in [0.717, 1.165) is 0 Å². The van der Waals surface area contributed by atoms with Gasteiger partial charge < -0.3 is 5.32 Å². The van der Waals surface area contributed by atoms with Gasteiger partial charge in [-0.15, -0.1) is 0 Å². The number of hydrogen-bond acceptors (Lipinski definition) is 1. The van der Waals surface area contributed by atoms with E-state index in [1.807, 2.05) is 0 Å². The van der Waals surface area contributed by atoms with Gasteiger partial charge in [0.05, 0.1) is 5.41 Å². The van der Waals surface area contributed by atoms with Crippen molar-refractivity contribution in [2.24, 2.45) is 0 Å². The molecule has 0 fully saturated rings. The average molecular weight is 359 g/mol. The first kappa shape index (κ1) is 15.7. The molecule has 6 rings (SSSR count). The molecular weight excluding hydrogens is 338 g/mol. The van der Waals surface area contributed by atoms with Crippen molar-refractivity contribution in [2.75, 3.05) is 5.32 Å². The minimum atomic E-state index is -0.277. The summed E-state index contributed by atoms with van der Waals surface area (Å²) in [5, 5.41) is 3.68. The third kappa shape index (κ3) is 1.81. The molecule has 1 aliphatic heterocycles. The lowest BCUT2D eigenvalue weighted by Gasteiger charge is -2.40. The molecule has 0 aromatic heterocycles. The van der Waals surface area contributed by atoms with Gasteiger partial charge in [-0.1, -0.05) is 83.9 Å². The van der Waals surface area contributed by atoms with Crippen LogP contribution in [0.25, 0.3) is 11.1 Å². The highest BCUT2D eigenvalue weighted by molar-refractivity contribution is 5.92. The van der Waals surface area contributed by atoms with Gasteiger partial charge in [0.15, 0.2) is 0 Å². The molecule has 1 N–H and O–H groups in total. The molecule has 4 aromatic rings. The Hall–Kier alpha value is -3.32. The maximum atomic E-state index is 3.68. The van der Waals surface area contributed by atoms with Gasteiger partial charge in [-0.2, -0.15) is 0 Å². The first-order chi connectivity index (χ1) is 13.7. The Morgan fingerprint density at radius 1 is 0.536 bits per heavy atom. The third-order valence-corrected chi connectivity index (χ3v) is 6.38. The van der Waals surface area contributed by atoms with Crippen molar-refractivity contribution in [3.63, 3.8) is 0 Å². The van der Waals surface area contributed by atoms with Gasteiger partial charge in [0.2, 0.25) is 0 Å². The Kier molecular flexibility index (Phi) is 3.01. The first-order valence-corrected chi connectivity index (χ1v) is 9.88. The summed E-state index contributed by atoms with van der Waals surface area (Å²) in [7, 11) is 0. The van der Waals surface area contributed by atoms with Crippen molar-refractivity contribution in [2.45, 2.75) is 19.3 Å². The third-order valence-electron chi connectivity index (χ3n) is 6.38. The Bertz CT molecular complexity index is 1170. The van der Waals surface area contributed by atoms with Gasteiger partial charge in [0.1, 0.15) is 0 Å². The molecule has 1 spiro atoms. The number of anilines is 2. The SMILES string of the molecule is Cc1ccc2c(c1)C1(c3ccccc3Nc3ccccc31)c1cc(C)ccc1-2. The van der Waals surface area contributed by atoms with Crippen LogP contribution in [0.4, 0.5) is 11.4 Å². The smallest absolute Gasteiger partial charge is 0.0754 e. The first-order valence-electron chi connectivity index (χ1n) is 9.88. The predicted octanol–water partition coefficient (Wildman–Crippen LogP) is 6.72. The van der Waals surface area contributed by atoms with Crippen LogP contribution >= 0.6 is 0 Å². The summed E-state index contributed by atoms with van der Waals surface area (Å²) in [4.78, 5) is 0. The lowest BCUT2D eigenvalue weighted by molar-refractivity contribution is 0.761. The zero-order valence-corrected chi connectivity index (χ0v) is 16.1. The molecule has 1 heterocycles. The molecule has 2 aliphatic rings. The fraction of sp³-hybridized carbons (Fsp3) is 0.111. The highest BCUT2D eigenvalue weighted by Crippen LogP contribution is 2.61. The van der Waals surface area contributed by atoms with Crippen LogP contribution in [0.15, 0.2) is 84.9 Å². The summed E-state index contributed by atoms with van der Waals surface area (Å²) in [6, 6.07) is 31.4. The fourth-order valence-corrected chi connectivity index (χ4v) is 5.26. The normalized spacial score (nSPS) is 14.6. The second-order valence-corrected chi connectivity index (χ2v) is 8.06. The van der Waals surface area contributed by atoms with Crippen LogP contribution in [-0.4, -0.2) is 0 Å². The molecule has 0 saturated carbocycles. The summed E-state index contributed by atoms with van der Waals surface area (Å²) in [6.07, 6.45) is 0. The van der Waals surface area contributed by atoms with E-state index >= 15 is 0 Å². The number of hydrogen-bond donors (Lipinski definition) is 1. The molecule has 4 aromatic carbocycles. The standard InChI is InChI=1S/C27H21N/c1-17-11-13-19-20-14-12-18(2)16-24(20)27(23(19)15-17)21-7-3-5-9-25(21)28-26-10-6-4-8-22(26)27/h3-16,28H,1-2H3. The molecule has 0 amide bonds. The molecule has 0 saturated heterocycles. The van der Waals surface area contributed by atoms with Gasteiger partial charge >= 0.3 is 0 Å². The maximum absolute atomic E-state index is 3.68. The van der Waals surface area contributed by atoms with Crippen molar-refractivity contribution < 1.29 is 0 Å². The molecule has 1 nitrogen and oxygen atoms in total. The largest absolute Gasteiger partial charge is 0.355 e. The van der Waals surface area contributed by atoms with Crippen LogP contribution < -0.4 is 5.32 Å². The summed E-state index contributed by atoms with van der Waals surface area (Å²) < 4.78 is 0. The summed E-state index contributed by atoms with van der Waals surface area (Å²) in [5.41, 5.74) is 12.9. The highest BCUT2D eigenvalue weighted by atomic mass is 14.9. The van der Waals surface area contributed by atoms with Crippen molar-refractivity contribution in [3.05, 3.63) is 118 Å². The zero-order valence-electron chi connectivity index (χ0n) is 16.1. The van der Waals surface area contributed by atoms with Crippen LogP contribution in [0.3, 0.4) is 0 Å². The van der Waals surface area contributed by atoms with Crippen molar-refractivity contribution in [1.82, 2.24) is 0 Å². The van der Waals surface area contributed by atoms with Crippen molar-refractivity contribution in [1.29, 1.82) is 0 Å². The topological polar surface area (TPSA) is 12.0 Å². The van der Waals surface area contributed by atoms with E-state index in [2.05, 4.69) is 104 Å². The molecule has 0 radical (unpaired) electrons. The molecule has 134 valence electrons. The molecule has 0 bridgehead atoms. The minimum absolute atomic E-state index is 0.277. The van der Waals surface area contributed by atoms with Gasteiger partial charge in [-0.25, -0.2) is 0 Å². The van der Waals surface area contributed by atoms with Crippen molar-refractivity contribution >= 4 is 11.4 Å². The minimum Gasteiger partial charge on any atom is -0.355 e. The fourth-order valence-electron chi connectivity index (χ4n) is 5.26. The van der Waals surface area contributed by atoms with Crippen LogP contribution in [0, 0.1) is 13.8 Å². The predicted molar refractivity (Wildman–Crippen MR) is 117 cm³/mol. The molecule has 1 aliphatic carbocycles. The van der Waals surface area contributed by atoms with E-state index in [4.69, 9.17) is 0 Å². The van der Waals surface area contributed by atoms with Gasteiger partial charge in [-0.05, 0) is 59.4 Å². The van der Waals surface area contributed by atoms with Gasteiger partial charge in [0.25, 0.3) is 0 Å². The summed E-state index contributed by atoms with van der Waals surface area (Å²) in [5.74, 6) is 0. The van der Waals surface area contributed by atoms with E-state index < -0.39 is 0 Å². The van der Waals surface area contributed by atoms with Crippen LogP contribution in [-0.2, 0) is 5.41 Å². The second-order valence-electron chi connectivity index (χ2n) is 8.06. The molecule has 0 unspecified atom stereocenters. The van der Waals surface area contributed by atoms with Crippen LogP contribution in [0.1, 0.15) is 33.4 Å². The number of benzene rings is 4. The highest BCUT2D eigenvalue weighted by Gasteiger charge is 2.49. The molecular formula is C27H21N. The number of aryl methyl sites for hydroxylation is 2. The Morgan fingerprint density at radius 3 is 1.50 bits per heavy atom. The Morgan fingerprint density at radius 2 is 1.00 bits per heavy atom. The molecule has 28 heavy (non-hydrogen) atoms. The van der Waals surface area contributed by atoms with E-state index in [0.29, 0.717) is 0 Å². The molecule has 1 heteroatoms. The second kappa shape index (κ2) is 5.36. The average Bonchev–Trinajstić information content (AvgIpc) is 2.98. The zero-order chi connectivity index (χ0) is 18.9. The maximum Gasteiger partial charge on any atom is 0.0754 e. The van der Waals surface area contributed by atoms with E-state index in [1.165, 1.54) is 55.9 Å². The number of rotatable bonds is 0. The van der Waals surface area contributed by atoms with E-state index in [9.17, 15) is 0 Å². The summed E-state index contributed by atoms with van der Waals surface area (Å²) >= 11 is 0. The number of para-hydroxylation sites is 2. The lowest BCUT2D eigenvalue weighted by Crippen LogP contribution is -2.33. The van der Waals surface area contributed by atoms with Crippen LogP contribution in [0.2, 0.25) is 0 Å². The van der Waals surface area contributed by atoms with E-state index in [1.54, 1.807) is 0 Å². The Balaban J connectivity index is 1.87. The van der Waals surface area contributed by atoms with Gasteiger partial charge in [-0.3, -0.25) is 0 Å². The summed E-state index contributed by atoms with van der Waals surface area (Å²) in [6.45, 7) is 4.39. The molecule has 0 atom stereocenters. The number of fused-ring (bicyclic) bond motifs is 9. The van der Waals surface area contributed by atoms with Gasteiger partial charge in [0, 0.05) is 11.4 Å². The van der Waals surface area contributed by atoms with Crippen molar-refractivity contribution in [3.8, 4) is 11.1 Å². The Labute approximate surface area is 165 Å². The van der Waals surface area contributed by atoms with E-state index in [-0.39, 0.29) is 5.41 Å². The van der Waals surface area contributed by atoms with Crippen LogP contribution in [0.5, 0.6) is 0 Å². The lowest BCUT2D eigenvalue weighted by atomic mass is 9.65. The number of nitrogens with one attached hydrogen (secondary N) is 1. The quantitative estimate of drug-likeness (QED) is 0.317. The monoisotopic (exact) mass is 359 g/mol.